The number of ether oxygens (including phenoxy) is 1. The molecule has 5 nitrogen and oxygen atoms in total. The van der Waals surface area contributed by atoms with Gasteiger partial charge in [-0.15, -0.1) is 0 Å². The summed E-state index contributed by atoms with van der Waals surface area (Å²) in [5, 5.41) is 2.89. The van der Waals surface area contributed by atoms with Crippen LogP contribution in [-0.2, 0) is 4.79 Å². The molecule has 0 aromatic heterocycles. The highest BCUT2D eigenvalue weighted by atomic mass is 79.9. The van der Waals surface area contributed by atoms with E-state index in [1.807, 2.05) is 13.8 Å². The molecule has 1 N–H and O–H groups in total. The topological polar surface area (TPSA) is 58.6 Å². The maximum atomic E-state index is 13.4. The summed E-state index contributed by atoms with van der Waals surface area (Å²) in [5.74, 6) is -0.794. The fourth-order valence-electron chi connectivity index (χ4n) is 2.37. The van der Waals surface area contributed by atoms with E-state index < -0.39 is 11.7 Å². The zero-order valence-electron chi connectivity index (χ0n) is 14.9. The van der Waals surface area contributed by atoms with E-state index in [1.54, 1.807) is 17.0 Å². The number of likely N-dealkylation sites (N-methyl/N-ethyl adjacent to an activating group) is 1. The number of hydrogen-bond donors (Lipinski definition) is 1. The molecule has 8 heteroatoms. The minimum atomic E-state index is -0.511. The molecular weight excluding hydrogens is 439 g/mol. The first-order valence-corrected chi connectivity index (χ1v) is 9.49. The Morgan fingerprint density at radius 3 is 2.52 bits per heavy atom. The van der Waals surface area contributed by atoms with E-state index >= 15 is 0 Å². The molecule has 0 saturated heterocycles. The van der Waals surface area contributed by atoms with Gasteiger partial charge in [0.2, 0.25) is 0 Å². The lowest BCUT2D eigenvalue weighted by Gasteiger charge is -2.19. The highest BCUT2D eigenvalue weighted by molar-refractivity contribution is 9.10. The van der Waals surface area contributed by atoms with Crippen LogP contribution < -0.4 is 10.1 Å². The summed E-state index contributed by atoms with van der Waals surface area (Å²) in [6.45, 7) is 4.87. The Balaban J connectivity index is 2.05. The molecule has 0 spiro atoms. The zero-order valence-corrected chi connectivity index (χ0v) is 17.2. The maximum Gasteiger partial charge on any atom is 0.260 e. The Labute approximate surface area is 170 Å². The normalized spacial score (nSPS) is 10.4. The van der Waals surface area contributed by atoms with Crippen molar-refractivity contribution in [3.63, 3.8) is 0 Å². The number of carbonyl (C=O) groups excluding carboxylic acids is 2. The van der Waals surface area contributed by atoms with Gasteiger partial charge in [0.25, 0.3) is 11.8 Å². The number of benzene rings is 2. The molecule has 0 heterocycles. The third-order valence-corrected chi connectivity index (χ3v) is 4.82. The molecule has 0 radical (unpaired) electrons. The maximum absolute atomic E-state index is 13.4. The van der Waals surface area contributed by atoms with Gasteiger partial charge in [-0.1, -0.05) is 11.6 Å². The molecule has 2 aromatic carbocycles. The first-order valence-electron chi connectivity index (χ1n) is 8.32. The van der Waals surface area contributed by atoms with Crippen LogP contribution in [0.25, 0.3) is 0 Å². The van der Waals surface area contributed by atoms with Gasteiger partial charge in [-0.05, 0) is 66.2 Å². The van der Waals surface area contributed by atoms with Crippen molar-refractivity contribution in [3.05, 3.63) is 57.3 Å². The Morgan fingerprint density at radius 2 is 1.89 bits per heavy atom. The standard InChI is InChI=1S/C19H19BrClFN2O3/c1-3-24(4-2)18(25)11-27-17-8-6-13(10-16(17)21)23-19(26)14-9-12(22)5-7-15(14)20/h5-10H,3-4,11H2,1-2H3,(H,23,26). The largest absolute Gasteiger partial charge is 0.482 e. The van der Waals surface area contributed by atoms with Crippen molar-refractivity contribution in [2.24, 2.45) is 0 Å². The van der Waals surface area contributed by atoms with Crippen LogP contribution in [0.3, 0.4) is 0 Å². The van der Waals surface area contributed by atoms with Crippen molar-refractivity contribution in [3.8, 4) is 5.75 Å². The molecule has 0 fully saturated rings. The van der Waals surface area contributed by atoms with Gasteiger partial charge in [-0.2, -0.15) is 0 Å². The number of anilines is 1. The average molecular weight is 458 g/mol. The Hall–Kier alpha value is -2.12. The average Bonchev–Trinajstić information content (AvgIpc) is 2.64. The summed E-state index contributed by atoms with van der Waals surface area (Å²) in [6.07, 6.45) is 0. The van der Waals surface area contributed by atoms with Gasteiger partial charge < -0.3 is 15.0 Å². The van der Waals surface area contributed by atoms with Crippen molar-refractivity contribution in [2.45, 2.75) is 13.8 Å². The molecule has 0 bridgehead atoms. The van der Waals surface area contributed by atoms with Gasteiger partial charge in [-0.3, -0.25) is 9.59 Å². The first-order chi connectivity index (χ1) is 12.8. The van der Waals surface area contributed by atoms with Crippen LogP contribution in [0.15, 0.2) is 40.9 Å². The predicted octanol–water partition coefficient (Wildman–Crippen LogP) is 4.74. The minimum Gasteiger partial charge on any atom is -0.482 e. The molecule has 0 atom stereocenters. The molecule has 0 aliphatic rings. The zero-order chi connectivity index (χ0) is 20.0. The van der Waals surface area contributed by atoms with E-state index in [-0.39, 0.29) is 23.1 Å². The molecule has 0 aliphatic carbocycles. The molecular formula is C19H19BrClFN2O3. The summed E-state index contributed by atoms with van der Waals surface area (Å²) >= 11 is 9.39. The molecule has 144 valence electrons. The minimum absolute atomic E-state index is 0.122. The van der Waals surface area contributed by atoms with Gasteiger partial charge in [-0.25, -0.2) is 4.39 Å². The third-order valence-electron chi connectivity index (χ3n) is 3.83. The lowest BCUT2D eigenvalue weighted by molar-refractivity contribution is -0.132. The van der Waals surface area contributed by atoms with Gasteiger partial charge in [0.05, 0.1) is 10.6 Å². The van der Waals surface area contributed by atoms with E-state index in [0.717, 1.165) is 6.07 Å². The van der Waals surface area contributed by atoms with E-state index in [1.165, 1.54) is 18.2 Å². The van der Waals surface area contributed by atoms with Gasteiger partial charge in [0.15, 0.2) is 6.61 Å². The van der Waals surface area contributed by atoms with E-state index in [2.05, 4.69) is 21.2 Å². The molecule has 0 unspecified atom stereocenters. The lowest BCUT2D eigenvalue weighted by Crippen LogP contribution is -2.34. The number of amides is 2. The van der Waals surface area contributed by atoms with Crippen LogP contribution in [0, 0.1) is 5.82 Å². The van der Waals surface area contributed by atoms with Crippen molar-refractivity contribution in [2.75, 3.05) is 25.0 Å². The van der Waals surface area contributed by atoms with Crippen molar-refractivity contribution < 1.29 is 18.7 Å². The summed E-state index contributed by atoms with van der Waals surface area (Å²) in [4.78, 5) is 25.9. The Morgan fingerprint density at radius 1 is 1.19 bits per heavy atom. The van der Waals surface area contributed by atoms with Crippen molar-refractivity contribution >= 4 is 45.0 Å². The first kappa shape index (κ1) is 21.2. The van der Waals surface area contributed by atoms with E-state index in [9.17, 15) is 14.0 Å². The summed E-state index contributed by atoms with van der Waals surface area (Å²) in [7, 11) is 0. The predicted molar refractivity (Wildman–Crippen MR) is 107 cm³/mol. The fourth-order valence-corrected chi connectivity index (χ4v) is 3.03. The van der Waals surface area contributed by atoms with Crippen molar-refractivity contribution in [1.82, 2.24) is 4.90 Å². The second kappa shape index (κ2) is 9.71. The van der Waals surface area contributed by atoms with Crippen LogP contribution in [0.5, 0.6) is 5.75 Å². The number of halogens is 3. The molecule has 2 rings (SSSR count). The fraction of sp³-hybridized carbons (Fsp3) is 0.263. The van der Waals surface area contributed by atoms with Crippen LogP contribution in [0.1, 0.15) is 24.2 Å². The summed E-state index contributed by atoms with van der Waals surface area (Å²) in [6, 6.07) is 8.51. The van der Waals surface area contributed by atoms with Crippen LogP contribution in [0.2, 0.25) is 5.02 Å². The lowest BCUT2D eigenvalue weighted by atomic mass is 10.2. The van der Waals surface area contributed by atoms with Crippen LogP contribution in [0.4, 0.5) is 10.1 Å². The second-order valence-electron chi connectivity index (χ2n) is 5.58. The van der Waals surface area contributed by atoms with Crippen molar-refractivity contribution in [1.29, 1.82) is 0 Å². The summed E-state index contributed by atoms with van der Waals surface area (Å²) < 4.78 is 19.3. The van der Waals surface area contributed by atoms with E-state index in [4.69, 9.17) is 16.3 Å². The van der Waals surface area contributed by atoms with Gasteiger partial charge in [0, 0.05) is 23.2 Å². The number of hydrogen-bond acceptors (Lipinski definition) is 3. The smallest absolute Gasteiger partial charge is 0.260 e. The number of carbonyl (C=O) groups is 2. The number of nitrogens with one attached hydrogen (secondary N) is 1. The molecule has 2 aromatic rings. The highest BCUT2D eigenvalue weighted by Gasteiger charge is 2.14. The molecule has 0 saturated carbocycles. The third kappa shape index (κ3) is 5.68. The molecule has 0 aliphatic heterocycles. The SMILES string of the molecule is CCN(CC)C(=O)COc1ccc(NC(=O)c2cc(F)ccc2Br)cc1Cl. The van der Waals surface area contributed by atoms with Crippen LogP contribution in [-0.4, -0.2) is 36.4 Å². The second-order valence-corrected chi connectivity index (χ2v) is 6.84. The monoisotopic (exact) mass is 456 g/mol. The Kier molecular flexibility index (Phi) is 7.62. The summed E-state index contributed by atoms with van der Waals surface area (Å²) in [5.41, 5.74) is 0.583. The van der Waals surface area contributed by atoms with Gasteiger partial charge in [0.1, 0.15) is 11.6 Å². The van der Waals surface area contributed by atoms with Gasteiger partial charge >= 0.3 is 0 Å². The number of nitrogens with zero attached hydrogens (tertiary/aromatic N) is 1. The number of rotatable bonds is 7. The highest BCUT2D eigenvalue weighted by Crippen LogP contribution is 2.28. The quantitative estimate of drug-likeness (QED) is 0.653. The molecule has 27 heavy (non-hydrogen) atoms. The Bertz CT molecular complexity index is 844. The van der Waals surface area contributed by atoms with E-state index in [0.29, 0.717) is 29.0 Å². The molecule has 2 amide bonds. The van der Waals surface area contributed by atoms with Crippen LogP contribution >= 0.6 is 27.5 Å².